The van der Waals surface area contributed by atoms with Crippen LogP contribution >= 0.6 is 11.9 Å². The Morgan fingerprint density at radius 3 is 3.00 bits per heavy atom. The van der Waals surface area contributed by atoms with E-state index in [9.17, 15) is 4.79 Å². The highest BCUT2D eigenvalue weighted by Crippen LogP contribution is 2.39. The van der Waals surface area contributed by atoms with E-state index in [2.05, 4.69) is 9.62 Å². The number of benzene rings is 1. The van der Waals surface area contributed by atoms with Crippen molar-refractivity contribution in [2.45, 2.75) is 23.8 Å². The lowest BCUT2D eigenvalue weighted by Crippen LogP contribution is -2.36. The molecule has 5 heteroatoms. The van der Waals surface area contributed by atoms with Crippen molar-refractivity contribution in [1.29, 1.82) is 0 Å². The number of rotatable bonds is 2. The smallest absolute Gasteiger partial charge is 0.335 e. The lowest BCUT2D eigenvalue weighted by atomic mass is 10.2. The van der Waals surface area contributed by atoms with Gasteiger partial charge in [-0.05, 0) is 43.0 Å². The van der Waals surface area contributed by atoms with Gasteiger partial charge in [0.2, 0.25) is 0 Å². The Kier molecular flexibility index (Phi) is 2.29. The molecule has 0 atom stereocenters. The van der Waals surface area contributed by atoms with Crippen LogP contribution in [0.2, 0.25) is 0 Å². The molecule has 2 aliphatic rings. The van der Waals surface area contributed by atoms with Gasteiger partial charge in [0, 0.05) is 10.9 Å². The Hall–Kier alpha value is -1.20. The third-order valence-corrected chi connectivity index (χ3v) is 3.76. The SMILES string of the molecule is O=C(O)c1ccc2c(c1)N(C1CC1)CNS2. The number of carboxylic acid groups (broad SMARTS) is 1. The van der Waals surface area contributed by atoms with Crippen molar-refractivity contribution < 1.29 is 9.90 Å². The molecule has 0 amide bonds. The van der Waals surface area contributed by atoms with Crippen LogP contribution < -0.4 is 9.62 Å². The van der Waals surface area contributed by atoms with Crippen LogP contribution in [0.15, 0.2) is 23.1 Å². The first kappa shape index (κ1) is 9.99. The fourth-order valence-electron chi connectivity index (χ4n) is 1.94. The molecule has 0 unspecified atom stereocenters. The summed E-state index contributed by atoms with van der Waals surface area (Å²) in [5.74, 6) is -0.859. The van der Waals surface area contributed by atoms with Gasteiger partial charge < -0.3 is 10.0 Å². The number of nitrogens with one attached hydrogen (secondary N) is 1. The second-order valence-electron chi connectivity index (χ2n) is 4.09. The van der Waals surface area contributed by atoms with Crippen LogP contribution in [0.5, 0.6) is 0 Å². The Bertz CT molecular complexity index is 446. The summed E-state index contributed by atoms with van der Waals surface area (Å²) in [6, 6.07) is 5.91. The second kappa shape index (κ2) is 3.68. The number of hydrogen-bond donors (Lipinski definition) is 2. The van der Waals surface area contributed by atoms with Gasteiger partial charge in [-0.1, -0.05) is 0 Å². The third kappa shape index (κ3) is 1.66. The molecule has 1 aliphatic carbocycles. The first-order valence-electron chi connectivity index (χ1n) is 5.29. The first-order chi connectivity index (χ1) is 7.75. The summed E-state index contributed by atoms with van der Waals surface area (Å²) in [6.07, 6.45) is 2.42. The van der Waals surface area contributed by atoms with Crippen molar-refractivity contribution in [3.8, 4) is 0 Å². The summed E-state index contributed by atoms with van der Waals surface area (Å²) in [5.41, 5.74) is 1.43. The average Bonchev–Trinajstić information content (AvgIpc) is 3.11. The minimum absolute atomic E-state index is 0.368. The molecule has 4 nitrogen and oxygen atoms in total. The maximum absolute atomic E-state index is 10.9. The first-order valence-corrected chi connectivity index (χ1v) is 6.11. The quantitative estimate of drug-likeness (QED) is 0.768. The zero-order chi connectivity index (χ0) is 11.1. The standard InChI is InChI=1S/C11H12N2O2S/c14-11(15)7-1-4-10-9(5-7)13(6-12-16-10)8-2-3-8/h1,4-5,8,12H,2-3,6H2,(H,14,15). The zero-order valence-corrected chi connectivity index (χ0v) is 9.46. The monoisotopic (exact) mass is 236 g/mol. The highest BCUT2D eigenvalue weighted by molar-refractivity contribution is 7.97. The Labute approximate surface area is 97.8 Å². The lowest BCUT2D eigenvalue weighted by molar-refractivity contribution is 0.0697. The largest absolute Gasteiger partial charge is 0.478 e. The van der Waals surface area contributed by atoms with E-state index in [1.54, 1.807) is 24.1 Å². The number of anilines is 1. The minimum atomic E-state index is -0.859. The number of hydrogen-bond acceptors (Lipinski definition) is 4. The van der Waals surface area contributed by atoms with E-state index in [4.69, 9.17) is 5.11 Å². The number of carbonyl (C=O) groups is 1. The van der Waals surface area contributed by atoms with Crippen LogP contribution in [0.3, 0.4) is 0 Å². The Morgan fingerprint density at radius 1 is 1.50 bits per heavy atom. The summed E-state index contributed by atoms with van der Waals surface area (Å²) in [4.78, 5) is 14.3. The molecule has 0 saturated heterocycles. The summed E-state index contributed by atoms with van der Waals surface area (Å²) < 4.78 is 3.26. The molecule has 84 valence electrons. The van der Waals surface area contributed by atoms with Crippen molar-refractivity contribution in [3.05, 3.63) is 23.8 Å². The molecule has 1 fully saturated rings. The number of fused-ring (bicyclic) bond motifs is 1. The van der Waals surface area contributed by atoms with E-state index in [1.165, 1.54) is 12.8 Å². The van der Waals surface area contributed by atoms with Gasteiger partial charge in [-0.3, -0.25) is 0 Å². The van der Waals surface area contributed by atoms with Crippen LogP contribution in [0.1, 0.15) is 23.2 Å². The Morgan fingerprint density at radius 2 is 2.31 bits per heavy atom. The van der Waals surface area contributed by atoms with Gasteiger partial charge in [-0.15, -0.1) is 0 Å². The van der Waals surface area contributed by atoms with Gasteiger partial charge in [0.15, 0.2) is 0 Å². The highest BCUT2D eigenvalue weighted by Gasteiger charge is 2.32. The molecule has 16 heavy (non-hydrogen) atoms. The molecule has 1 aliphatic heterocycles. The fourth-order valence-corrected chi connectivity index (χ4v) is 2.71. The van der Waals surface area contributed by atoms with E-state index in [-0.39, 0.29) is 0 Å². The maximum atomic E-state index is 10.9. The Balaban J connectivity index is 2.02. The minimum Gasteiger partial charge on any atom is -0.478 e. The van der Waals surface area contributed by atoms with Gasteiger partial charge in [0.05, 0.1) is 17.9 Å². The normalized spacial score (nSPS) is 19.4. The van der Waals surface area contributed by atoms with Crippen LogP contribution in [-0.2, 0) is 0 Å². The molecule has 2 N–H and O–H groups in total. The molecule has 0 spiro atoms. The van der Waals surface area contributed by atoms with Gasteiger partial charge in [0.1, 0.15) is 0 Å². The zero-order valence-electron chi connectivity index (χ0n) is 8.64. The molecule has 0 aromatic heterocycles. The predicted molar refractivity (Wildman–Crippen MR) is 62.8 cm³/mol. The van der Waals surface area contributed by atoms with Crippen molar-refractivity contribution in [1.82, 2.24) is 4.72 Å². The number of aromatic carboxylic acids is 1. The summed E-state index contributed by atoms with van der Waals surface area (Å²) in [7, 11) is 0. The highest BCUT2D eigenvalue weighted by atomic mass is 32.2. The van der Waals surface area contributed by atoms with Crippen LogP contribution in [-0.4, -0.2) is 23.8 Å². The van der Waals surface area contributed by atoms with E-state index in [1.807, 2.05) is 6.07 Å². The predicted octanol–water partition coefficient (Wildman–Crippen LogP) is 1.92. The summed E-state index contributed by atoms with van der Waals surface area (Å²) >= 11 is 1.57. The van der Waals surface area contributed by atoms with E-state index >= 15 is 0 Å². The van der Waals surface area contributed by atoms with Crippen LogP contribution in [0.25, 0.3) is 0 Å². The number of carboxylic acids is 1. The van der Waals surface area contributed by atoms with E-state index < -0.39 is 5.97 Å². The van der Waals surface area contributed by atoms with Crippen molar-refractivity contribution in [2.75, 3.05) is 11.6 Å². The van der Waals surface area contributed by atoms with E-state index in [0.29, 0.717) is 11.6 Å². The van der Waals surface area contributed by atoms with Crippen LogP contribution in [0, 0.1) is 0 Å². The molecular weight excluding hydrogens is 224 g/mol. The second-order valence-corrected chi connectivity index (χ2v) is 5.03. The lowest BCUT2D eigenvalue weighted by Gasteiger charge is -2.31. The average molecular weight is 236 g/mol. The summed E-state index contributed by atoms with van der Waals surface area (Å²) in [6.45, 7) is 0.797. The van der Waals surface area contributed by atoms with Crippen molar-refractivity contribution >= 4 is 23.6 Å². The molecule has 0 radical (unpaired) electrons. The third-order valence-electron chi connectivity index (χ3n) is 2.92. The fraction of sp³-hybridized carbons (Fsp3) is 0.364. The van der Waals surface area contributed by atoms with Gasteiger partial charge in [0.25, 0.3) is 0 Å². The molecule has 1 heterocycles. The summed E-state index contributed by atoms with van der Waals surface area (Å²) in [5, 5.41) is 8.99. The molecular formula is C11H12N2O2S. The van der Waals surface area contributed by atoms with Gasteiger partial charge >= 0.3 is 5.97 Å². The van der Waals surface area contributed by atoms with Gasteiger partial charge in [-0.25, -0.2) is 9.52 Å². The van der Waals surface area contributed by atoms with Crippen molar-refractivity contribution in [2.24, 2.45) is 0 Å². The van der Waals surface area contributed by atoms with E-state index in [0.717, 1.165) is 17.3 Å². The van der Waals surface area contributed by atoms with Gasteiger partial charge in [-0.2, -0.15) is 0 Å². The topological polar surface area (TPSA) is 52.6 Å². The molecule has 0 bridgehead atoms. The number of nitrogens with zero attached hydrogens (tertiary/aromatic N) is 1. The molecule has 3 rings (SSSR count). The van der Waals surface area contributed by atoms with Crippen LogP contribution in [0.4, 0.5) is 5.69 Å². The molecule has 1 saturated carbocycles. The van der Waals surface area contributed by atoms with Crippen molar-refractivity contribution in [3.63, 3.8) is 0 Å². The molecule has 1 aromatic carbocycles. The molecule has 1 aromatic rings. The maximum Gasteiger partial charge on any atom is 0.335 e.